The molecule has 0 bridgehead atoms. The highest BCUT2D eigenvalue weighted by molar-refractivity contribution is 9.10. The van der Waals surface area contributed by atoms with Crippen LogP contribution in [0.2, 0.25) is 0 Å². The van der Waals surface area contributed by atoms with Gasteiger partial charge in [0, 0.05) is 27.9 Å². The predicted octanol–water partition coefficient (Wildman–Crippen LogP) is 6.33. The summed E-state index contributed by atoms with van der Waals surface area (Å²) < 4.78 is 33.7. The molecular formula is C24H27BrF2N2O2. The van der Waals surface area contributed by atoms with Gasteiger partial charge in [0.2, 0.25) is 0 Å². The van der Waals surface area contributed by atoms with E-state index in [9.17, 15) is 13.6 Å². The van der Waals surface area contributed by atoms with Crippen LogP contribution in [0.15, 0.2) is 34.8 Å². The molecule has 1 heterocycles. The zero-order valence-corrected chi connectivity index (χ0v) is 20.2. The van der Waals surface area contributed by atoms with Gasteiger partial charge in [0.1, 0.15) is 17.3 Å². The molecule has 1 aromatic heterocycles. The van der Waals surface area contributed by atoms with Crippen LogP contribution in [-0.2, 0) is 11.2 Å². The Balaban J connectivity index is 2.45. The van der Waals surface area contributed by atoms with Gasteiger partial charge in [0.05, 0.1) is 5.69 Å². The zero-order valence-electron chi connectivity index (χ0n) is 18.6. The third-order valence-electron chi connectivity index (χ3n) is 3.81. The summed E-state index contributed by atoms with van der Waals surface area (Å²) in [7, 11) is 0. The van der Waals surface area contributed by atoms with Crippen LogP contribution in [0.1, 0.15) is 64.6 Å². The molecule has 0 aliphatic rings. The molecule has 4 nitrogen and oxygen atoms in total. The molecule has 0 unspecified atom stereocenters. The van der Waals surface area contributed by atoms with Crippen molar-refractivity contribution in [2.45, 2.75) is 59.6 Å². The van der Waals surface area contributed by atoms with Crippen molar-refractivity contribution < 1.29 is 18.3 Å². The van der Waals surface area contributed by atoms with Crippen LogP contribution < -0.4 is 5.32 Å². The fourth-order valence-corrected chi connectivity index (χ4v) is 3.08. The van der Waals surface area contributed by atoms with Crippen LogP contribution >= 0.6 is 15.9 Å². The number of halogens is 3. The fourth-order valence-electron chi connectivity index (χ4n) is 2.61. The van der Waals surface area contributed by atoms with E-state index in [0.717, 1.165) is 6.07 Å². The molecule has 1 N–H and O–H groups in total. The quantitative estimate of drug-likeness (QED) is 0.507. The van der Waals surface area contributed by atoms with Crippen molar-refractivity contribution in [3.63, 3.8) is 0 Å². The van der Waals surface area contributed by atoms with Crippen LogP contribution in [-0.4, -0.2) is 16.6 Å². The first kappa shape index (κ1) is 24.8. The molecule has 0 spiro atoms. The molecule has 1 aromatic carbocycles. The Kier molecular flexibility index (Phi) is 7.82. The Morgan fingerprint density at radius 3 is 2.29 bits per heavy atom. The summed E-state index contributed by atoms with van der Waals surface area (Å²) in [5, 5.41) is 2.73. The molecule has 2 aromatic rings. The number of alkyl carbamates (subject to hydrolysis) is 1. The van der Waals surface area contributed by atoms with Gasteiger partial charge >= 0.3 is 6.09 Å². The van der Waals surface area contributed by atoms with E-state index in [-0.39, 0.29) is 11.8 Å². The molecule has 0 saturated carbocycles. The van der Waals surface area contributed by atoms with Crippen molar-refractivity contribution in [3.05, 3.63) is 63.4 Å². The third kappa shape index (κ3) is 8.66. The Labute approximate surface area is 190 Å². The van der Waals surface area contributed by atoms with Crippen molar-refractivity contribution in [1.82, 2.24) is 10.3 Å². The molecule has 166 valence electrons. The van der Waals surface area contributed by atoms with E-state index in [1.165, 1.54) is 12.1 Å². The van der Waals surface area contributed by atoms with Gasteiger partial charge in [0.15, 0.2) is 6.10 Å². The summed E-state index contributed by atoms with van der Waals surface area (Å²) in [6.45, 7) is 11.4. The molecule has 1 atom stereocenters. The van der Waals surface area contributed by atoms with E-state index in [4.69, 9.17) is 4.74 Å². The monoisotopic (exact) mass is 492 g/mol. The maximum Gasteiger partial charge on any atom is 0.408 e. The van der Waals surface area contributed by atoms with E-state index in [1.54, 1.807) is 12.1 Å². The van der Waals surface area contributed by atoms with E-state index >= 15 is 0 Å². The van der Waals surface area contributed by atoms with Gasteiger partial charge < -0.3 is 10.1 Å². The first-order valence-corrected chi connectivity index (χ1v) is 10.6. The second kappa shape index (κ2) is 9.78. The Morgan fingerprint density at radius 1 is 1.13 bits per heavy atom. The highest BCUT2D eigenvalue weighted by Crippen LogP contribution is 2.29. The minimum Gasteiger partial charge on any atom is -0.439 e. The van der Waals surface area contributed by atoms with Crippen LogP contribution in [0, 0.1) is 28.9 Å². The van der Waals surface area contributed by atoms with Crippen molar-refractivity contribution in [3.8, 4) is 11.8 Å². The first-order chi connectivity index (χ1) is 14.2. The number of nitrogens with one attached hydrogen (secondary N) is 1. The van der Waals surface area contributed by atoms with Crippen molar-refractivity contribution in [2.24, 2.45) is 5.41 Å². The number of amides is 1. The predicted molar refractivity (Wildman–Crippen MR) is 120 cm³/mol. The normalized spacial score (nSPS) is 12.5. The third-order valence-corrected chi connectivity index (χ3v) is 4.48. The summed E-state index contributed by atoms with van der Waals surface area (Å²) in [6.07, 6.45) is -1.52. The molecule has 2 rings (SSSR count). The molecule has 1 amide bonds. The molecule has 0 aliphatic heterocycles. The average Bonchev–Trinajstić information content (AvgIpc) is 2.57. The fraction of sp³-hybridized carbons (Fsp3) is 0.417. The molecule has 7 heteroatoms. The number of carbonyl (C=O) groups is 1. The molecule has 0 fully saturated rings. The van der Waals surface area contributed by atoms with Gasteiger partial charge in [-0.2, -0.15) is 0 Å². The Morgan fingerprint density at radius 2 is 1.74 bits per heavy atom. The van der Waals surface area contributed by atoms with E-state index in [2.05, 4.69) is 38.1 Å². The van der Waals surface area contributed by atoms with Gasteiger partial charge in [-0.1, -0.05) is 5.92 Å². The summed E-state index contributed by atoms with van der Waals surface area (Å²) >= 11 is 3.44. The molecule has 0 saturated heterocycles. The van der Waals surface area contributed by atoms with Crippen molar-refractivity contribution >= 4 is 22.0 Å². The van der Waals surface area contributed by atoms with E-state index in [0.29, 0.717) is 21.4 Å². The zero-order chi connectivity index (χ0) is 23.4. The van der Waals surface area contributed by atoms with Crippen molar-refractivity contribution in [1.29, 1.82) is 0 Å². The number of aromatic nitrogens is 1. The van der Waals surface area contributed by atoms with Crippen LogP contribution in [0.25, 0.3) is 0 Å². The van der Waals surface area contributed by atoms with Gasteiger partial charge in [-0.15, -0.1) is 0 Å². The van der Waals surface area contributed by atoms with Gasteiger partial charge in [-0.3, -0.25) is 0 Å². The van der Waals surface area contributed by atoms with Gasteiger partial charge in [-0.25, -0.2) is 18.6 Å². The number of ether oxygens (including phenoxy) is 1. The number of hydrogen-bond acceptors (Lipinski definition) is 3. The summed E-state index contributed by atoms with van der Waals surface area (Å²) in [5.41, 5.74) is 0.525. The topological polar surface area (TPSA) is 51.2 Å². The van der Waals surface area contributed by atoms with Crippen LogP contribution in [0.5, 0.6) is 0 Å². The molecule has 31 heavy (non-hydrogen) atoms. The van der Waals surface area contributed by atoms with Crippen LogP contribution in [0.3, 0.4) is 0 Å². The van der Waals surface area contributed by atoms with Crippen molar-refractivity contribution in [2.75, 3.05) is 0 Å². The van der Waals surface area contributed by atoms with E-state index in [1.807, 2.05) is 41.5 Å². The lowest BCUT2D eigenvalue weighted by molar-refractivity contribution is 0.0884. The van der Waals surface area contributed by atoms with E-state index < -0.39 is 29.4 Å². The van der Waals surface area contributed by atoms with Gasteiger partial charge in [-0.05, 0) is 93.2 Å². The lowest BCUT2D eigenvalue weighted by atomic mass is 9.98. The number of hydrogen-bond donors (Lipinski definition) is 1. The highest BCUT2D eigenvalue weighted by Gasteiger charge is 2.25. The minimum absolute atomic E-state index is 0.0357. The lowest BCUT2D eigenvalue weighted by Crippen LogP contribution is -2.41. The largest absolute Gasteiger partial charge is 0.439 e. The number of rotatable bonds is 4. The molecule has 0 aliphatic carbocycles. The highest BCUT2D eigenvalue weighted by atomic mass is 79.9. The number of benzene rings is 1. The number of carbonyl (C=O) groups excluding carboxylic acids is 1. The van der Waals surface area contributed by atoms with Gasteiger partial charge in [0.25, 0.3) is 0 Å². The second-order valence-electron chi connectivity index (χ2n) is 9.31. The summed E-state index contributed by atoms with van der Waals surface area (Å²) in [5.74, 6) is 4.73. The minimum atomic E-state index is -0.894. The number of nitrogens with zero attached hydrogens (tertiary/aromatic N) is 1. The molecule has 0 radical (unpaired) electrons. The smallest absolute Gasteiger partial charge is 0.408 e. The maximum absolute atomic E-state index is 13.7. The lowest BCUT2D eigenvalue weighted by Gasteiger charge is -2.24. The maximum atomic E-state index is 13.7. The SMILES string of the molecule is CC(C)(C)C#Cc1ccc(Br)c([C@H](Cc2cc(F)cc(F)c2)OC(=O)NC(C)(C)C)n1. The number of pyridine rings is 1. The summed E-state index contributed by atoms with van der Waals surface area (Å²) in [4.78, 5) is 17.0. The summed E-state index contributed by atoms with van der Waals surface area (Å²) in [6, 6.07) is 6.72. The Bertz CT molecular complexity index is 995. The Hall–Kier alpha value is -2.46. The molecular weight excluding hydrogens is 466 g/mol. The standard InChI is InChI=1S/C24H27BrF2N2O2/c1-23(2,3)10-9-18-7-8-19(25)21(28-18)20(31-22(30)29-24(4,5)6)13-15-11-16(26)14-17(27)12-15/h7-8,11-12,14,20H,13H2,1-6H3,(H,29,30)/t20-/m0/s1. The first-order valence-electron chi connectivity index (χ1n) is 9.85. The average molecular weight is 493 g/mol. The van der Waals surface area contributed by atoms with Crippen LogP contribution in [0.4, 0.5) is 13.6 Å². The second-order valence-corrected chi connectivity index (χ2v) is 10.2.